The van der Waals surface area contributed by atoms with Crippen molar-refractivity contribution in [3.8, 4) is 0 Å². The lowest BCUT2D eigenvalue weighted by molar-refractivity contribution is -0.131. The van der Waals surface area contributed by atoms with Crippen molar-refractivity contribution < 1.29 is 9.59 Å². The van der Waals surface area contributed by atoms with Crippen molar-refractivity contribution in [1.82, 2.24) is 5.32 Å². The van der Waals surface area contributed by atoms with E-state index in [4.69, 9.17) is 0 Å². The number of nitrogens with one attached hydrogen (secondary N) is 1. The first-order valence-electron chi connectivity index (χ1n) is 6.16. The van der Waals surface area contributed by atoms with E-state index in [1.165, 1.54) is 0 Å². The summed E-state index contributed by atoms with van der Waals surface area (Å²) in [5, 5.41) is 2.73. The van der Waals surface area contributed by atoms with E-state index in [1.54, 1.807) is 0 Å². The Kier molecular flexibility index (Phi) is 4.51. The molecule has 0 aromatic heterocycles. The van der Waals surface area contributed by atoms with Crippen LogP contribution in [0.3, 0.4) is 0 Å². The van der Waals surface area contributed by atoms with Crippen LogP contribution in [-0.2, 0) is 9.59 Å². The zero-order valence-electron chi connectivity index (χ0n) is 10.6. The summed E-state index contributed by atoms with van der Waals surface area (Å²) in [7, 11) is 0. The number of amides is 1. The van der Waals surface area contributed by atoms with Gasteiger partial charge in [0.2, 0.25) is 6.41 Å². The zero-order chi connectivity index (χ0) is 12.2. The molecule has 1 saturated carbocycles. The molecule has 0 saturated heterocycles. The maximum absolute atomic E-state index is 12.1. The van der Waals surface area contributed by atoms with Gasteiger partial charge in [-0.2, -0.15) is 0 Å². The molecular formula is C13H23NO2. The smallest absolute Gasteiger partial charge is 0.207 e. The molecule has 1 N–H and O–H groups in total. The monoisotopic (exact) mass is 225 g/mol. The van der Waals surface area contributed by atoms with Gasteiger partial charge in [0.25, 0.3) is 0 Å². The van der Waals surface area contributed by atoms with Gasteiger partial charge >= 0.3 is 0 Å². The lowest BCUT2D eigenvalue weighted by Crippen LogP contribution is -2.33. The van der Waals surface area contributed by atoms with E-state index in [0.29, 0.717) is 11.7 Å². The maximum Gasteiger partial charge on any atom is 0.207 e. The van der Waals surface area contributed by atoms with E-state index >= 15 is 0 Å². The van der Waals surface area contributed by atoms with Crippen LogP contribution in [0.5, 0.6) is 0 Å². The average Bonchev–Trinajstić information content (AvgIpc) is 2.25. The van der Waals surface area contributed by atoms with Crippen LogP contribution in [0, 0.1) is 17.3 Å². The minimum atomic E-state index is -0.210. The van der Waals surface area contributed by atoms with Crippen molar-refractivity contribution in [2.75, 3.05) is 6.54 Å². The van der Waals surface area contributed by atoms with Crippen molar-refractivity contribution in [1.29, 1.82) is 0 Å². The molecule has 1 aliphatic rings. The lowest BCUT2D eigenvalue weighted by Gasteiger charge is -2.31. The molecule has 92 valence electrons. The van der Waals surface area contributed by atoms with E-state index < -0.39 is 0 Å². The number of hydrogen-bond donors (Lipinski definition) is 1. The summed E-state index contributed by atoms with van der Waals surface area (Å²) in [6.45, 7) is 6.75. The fraction of sp³-hybridized carbons (Fsp3) is 0.846. The minimum Gasteiger partial charge on any atom is -0.358 e. The highest BCUT2D eigenvalue weighted by Crippen LogP contribution is 2.33. The SMILES string of the molecule is CC(C)(C)C(=O)C1CCC(CNC=O)CC1. The van der Waals surface area contributed by atoms with Crippen LogP contribution in [0.25, 0.3) is 0 Å². The molecule has 1 fully saturated rings. The standard InChI is InChI=1S/C13H23NO2/c1-13(2,3)12(16)11-6-4-10(5-7-11)8-14-9-15/h9-11H,4-8H2,1-3H3,(H,14,15). The van der Waals surface area contributed by atoms with Gasteiger partial charge in [-0.15, -0.1) is 0 Å². The van der Waals surface area contributed by atoms with Gasteiger partial charge in [0, 0.05) is 17.9 Å². The van der Waals surface area contributed by atoms with Crippen molar-refractivity contribution in [2.24, 2.45) is 17.3 Å². The molecule has 0 unspecified atom stereocenters. The Morgan fingerprint density at radius 1 is 1.25 bits per heavy atom. The Bertz CT molecular complexity index is 247. The normalized spacial score (nSPS) is 26.2. The van der Waals surface area contributed by atoms with E-state index in [-0.39, 0.29) is 11.3 Å². The summed E-state index contributed by atoms with van der Waals surface area (Å²) in [6.07, 6.45) is 4.86. The predicted octanol–water partition coefficient (Wildman–Crippen LogP) is 2.15. The molecule has 0 spiro atoms. The highest BCUT2D eigenvalue weighted by Gasteiger charge is 2.32. The molecule has 1 aliphatic carbocycles. The first kappa shape index (κ1) is 13.2. The summed E-state index contributed by atoms with van der Waals surface area (Å²) in [5.41, 5.74) is -0.210. The third-order valence-corrected chi connectivity index (χ3v) is 3.45. The van der Waals surface area contributed by atoms with E-state index in [2.05, 4.69) is 5.32 Å². The summed E-state index contributed by atoms with van der Waals surface area (Å²) < 4.78 is 0. The van der Waals surface area contributed by atoms with Crippen molar-refractivity contribution in [3.05, 3.63) is 0 Å². The maximum atomic E-state index is 12.1. The molecule has 0 heterocycles. The van der Waals surface area contributed by atoms with E-state index in [1.807, 2.05) is 20.8 Å². The molecule has 0 atom stereocenters. The molecule has 0 bridgehead atoms. The van der Waals surface area contributed by atoms with Crippen molar-refractivity contribution in [3.63, 3.8) is 0 Å². The summed E-state index contributed by atoms with van der Waals surface area (Å²) in [5.74, 6) is 1.20. The van der Waals surface area contributed by atoms with Gasteiger partial charge in [-0.25, -0.2) is 0 Å². The first-order chi connectivity index (χ1) is 7.45. The second kappa shape index (κ2) is 5.46. The fourth-order valence-corrected chi connectivity index (χ4v) is 2.46. The fourth-order valence-electron chi connectivity index (χ4n) is 2.46. The van der Waals surface area contributed by atoms with Gasteiger partial charge in [0.15, 0.2) is 0 Å². The summed E-state index contributed by atoms with van der Waals surface area (Å²) in [4.78, 5) is 22.3. The Hall–Kier alpha value is -0.860. The van der Waals surface area contributed by atoms with Crippen LogP contribution in [0.1, 0.15) is 46.5 Å². The second-order valence-corrected chi connectivity index (χ2v) is 5.86. The van der Waals surface area contributed by atoms with Gasteiger partial charge in [-0.05, 0) is 31.6 Å². The van der Waals surface area contributed by atoms with Gasteiger partial charge in [0.1, 0.15) is 5.78 Å². The van der Waals surface area contributed by atoms with Gasteiger partial charge in [0.05, 0.1) is 0 Å². The third kappa shape index (κ3) is 3.62. The molecule has 0 aromatic carbocycles. The largest absolute Gasteiger partial charge is 0.358 e. The van der Waals surface area contributed by atoms with Crippen LogP contribution in [0.2, 0.25) is 0 Å². The summed E-state index contributed by atoms with van der Waals surface area (Å²) in [6, 6.07) is 0. The quantitative estimate of drug-likeness (QED) is 0.745. The third-order valence-electron chi connectivity index (χ3n) is 3.45. The van der Waals surface area contributed by atoms with Crippen molar-refractivity contribution in [2.45, 2.75) is 46.5 Å². The average molecular weight is 225 g/mol. The van der Waals surface area contributed by atoms with E-state index in [0.717, 1.165) is 38.6 Å². The number of carbonyl (C=O) groups is 2. The molecule has 1 rings (SSSR count). The second-order valence-electron chi connectivity index (χ2n) is 5.86. The van der Waals surface area contributed by atoms with Gasteiger partial charge in [-0.1, -0.05) is 20.8 Å². The highest BCUT2D eigenvalue weighted by molar-refractivity contribution is 5.85. The predicted molar refractivity (Wildman–Crippen MR) is 64.0 cm³/mol. The van der Waals surface area contributed by atoms with Gasteiger partial charge < -0.3 is 5.32 Å². The summed E-state index contributed by atoms with van der Waals surface area (Å²) >= 11 is 0. The molecule has 3 heteroatoms. The topological polar surface area (TPSA) is 46.2 Å². The molecule has 0 aromatic rings. The number of rotatable bonds is 4. The van der Waals surface area contributed by atoms with Crippen LogP contribution >= 0.6 is 0 Å². The lowest BCUT2D eigenvalue weighted by atomic mass is 9.73. The molecule has 3 nitrogen and oxygen atoms in total. The minimum absolute atomic E-state index is 0.210. The number of Topliss-reactive ketones (excluding diaryl/α,β-unsaturated/α-hetero) is 1. The number of ketones is 1. The van der Waals surface area contributed by atoms with Gasteiger partial charge in [-0.3, -0.25) is 9.59 Å². The number of hydrogen-bond acceptors (Lipinski definition) is 2. The Labute approximate surface area is 98.0 Å². The van der Waals surface area contributed by atoms with Crippen LogP contribution < -0.4 is 5.32 Å². The van der Waals surface area contributed by atoms with Crippen LogP contribution in [0.15, 0.2) is 0 Å². The number of carbonyl (C=O) groups excluding carboxylic acids is 2. The molecule has 0 aliphatic heterocycles. The van der Waals surface area contributed by atoms with Crippen LogP contribution in [0.4, 0.5) is 0 Å². The first-order valence-corrected chi connectivity index (χ1v) is 6.16. The molecular weight excluding hydrogens is 202 g/mol. The highest BCUT2D eigenvalue weighted by atomic mass is 16.1. The van der Waals surface area contributed by atoms with Crippen LogP contribution in [-0.4, -0.2) is 18.7 Å². The Morgan fingerprint density at radius 2 is 1.81 bits per heavy atom. The zero-order valence-corrected chi connectivity index (χ0v) is 10.6. The Balaban J connectivity index is 2.37. The molecule has 1 amide bonds. The van der Waals surface area contributed by atoms with Crippen molar-refractivity contribution >= 4 is 12.2 Å². The Morgan fingerprint density at radius 3 is 2.25 bits per heavy atom. The van der Waals surface area contributed by atoms with E-state index in [9.17, 15) is 9.59 Å². The molecule has 16 heavy (non-hydrogen) atoms. The molecule has 0 radical (unpaired) electrons.